The Hall–Kier alpha value is -5.94. The summed E-state index contributed by atoms with van der Waals surface area (Å²) < 4.78 is 42.3. The molecule has 0 radical (unpaired) electrons. The lowest BCUT2D eigenvalue weighted by molar-refractivity contribution is -0.308. The zero-order valence-electron chi connectivity index (χ0n) is 39.1. The van der Waals surface area contributed by atoms with E-state index in [0.717, 1.165) is 64.2 Å². The summed E-state index contributed by atoms with van der Waals surface area (Å²) in [6, 6.07) is 23.0. The average Bonchev–Trinajstić information content (AvgIpc) is 3.34. The van der Waals surface area contributed by atoms with Crippen LogP contribution in [0.5, 0.6) is 0 Å². The Bertz CT molecular complexity index is 2000. The van der Waals surface area contributed by atoms with Crippen LogP contribution in [0, 0.1) is 0 Å². The van der Waals surface area contributed by atoms with E-state index < -0.39 is 99.1 Å². The van der Waals surface area contributed by atoms with Gasteiger partial charge in [0.2, 0.25) is 5.91 Å². The van der Waals surface area contributed by atoms with Crippen molar-refractivity contribution in [1.82, 2.24) is 5.32 Å². The van der Waals surface area contributed by atoms with Crippen LogP contribution in [-0.2, 0) is 47.5 Å². The van der Waals surface area contributed by atoms with Gasteiger partial charge in [0.05, 0.1) is 35.9 Å². The number of hydrogen-bond acceptors (Lipinski definition) is 13. The van der Waals surface area contributed by atoms with E-state index in [-0.39, 0.29) is 29.0 Å². The van der Waals surface area contributed by atoms with Crippen LogP contribution in [0.3, 0.4) is 0 Å². The van der Waals surface area contributed by atoms with Crippen molar-refractivity contribution in [3.05, 3.63) is 120 Å². The topological polar surface area (TPSA) is 220 Å². The number of aliphatic carboxylic acids is 2. The Kier molecular flexibility index (Phi) is 25.1. The van der Waals surface area contributed by atoms with Crippen LogP contribution in [-0.4, -0.2) is 115 Å². The molecule has 0 bridgehead atoms. The van der Waals surface area contributed by atoms with Gasteiger partial charge in [-0.25, -0.2) is 24.0 Å². The average molecular weight is 946 g/mol. The molecule has 7 atom stereocenters. The van der Waals surface area contributed by atoms with E-state index in [1.165, 1.54) is 24.3 Å². The van der Waals surface area contributed by atoms with Gasteiger partial charge in [0, 0.05) is 6.42 Å². The summed E-state index contributed by atoms with van der Waals surface area (Å²) in [4.78, 5) is 78.7. The highest BCUT2D eigenvalue weighted by molar-refractivity contribution is 5.91. The first kappa shape index (κ1) is 54.7. The number of unbranched alkanes of at least 4 members (excludes halogenated alkanes) is 10. The molecule has 68 heavy (non-hydrogen) atoms. The molecular weight excluding hydrogens is 879 g/mol. The van der Waals surface area contributed by atoms with E-state index >= 15 is 0 Å². The number of carbonyl (C=O) groups is 6. The smallest absolute Gasteiger partial charge is 0.338 e. The molecule has 0 saturated carbocycles. The van der Waals surface area contributed by atoms with Crippen molar-refractivity contribution in [2.75, 3.05) is 26.4 Å². The number of nitrogens with one attached hydrogen (secondary N) is 1. The summed E-state index contributed by atoms with van der Waals surface area (Å²) in [7, 11) is 0. The van der Waals surface area contributed by atoms with Gasteiger partial charge < -0.3 is 48.7 Å². The van der Waals surface area contributed by atoms with Crippen molar-refractivity contribution in [1.29, 1.82) is 0 Å². The van der Waals surface area contributed by atoms with E-state index in [1.807, 2.05) is 6.08 Å². The van der Waals surface area contributed by atoms with E-state index in [0.29, 0.717) is 12.8 Å². The monoisotopic (exact) mass is 945 g/mol. The van der Waals surface area contributed by atoms with E-state index in [4.69, 9.17) is 33.2 Å². The van der Waals surface area contributed by atoms with Gasteiger partial charge in [0.25, 0.3) is 0 Å². The van der Waals surface area contributed by atoms with Crippen LogP contribution in [0.25, 0.3) is 0 Å². The molecule has 4 rings (SSSR count). The molecule has 1 fully saturated rings. The number of carboxylic acid groups (broad SMARTS) is 2. The first-order valence-corrected chi connectivity index (χ1v) is 23.6. The Morgan fingerprint density at radius 2 is 1.13 bits per heavy atom. The number of amides is 1. The molecule has 1 aliphatic heterocycles. The third kappa shape index (κ3) is 19.7. The molecule has 1 saturated heterocycles. The molecule has 1 amide bonds. The molecule has 0 unspecified atom stereocenters. The maximum Gasteiger partial charge on any atom is 0.338 e. The van der Waals surface area contributed by atoms with E-state index in [1.54, 1.807) is 72.8 Å². The van der Waals surface area contributed by atoms with Gasteiger partial charge in [0.15, 0.2) is 18.5 Å². The summed E-state index contributed by atoms with van der Waals surface area (Å²) in [5, 5.41) is 22.1. The number of esters is 3. The van der Waals surface area contributed by atoms with E-state index in [9.17, 15) is 39.0 Å². The van der Waals surface area contributed by atoms with Gasteiger partial charge in [-0.05, 0) is 61.7 Å². The van der Waals surface area contributed by atoms with Gasteiger partial charge in [-0.3, -0.25) is 4.79 Å². The number of hydrogen-bond donors (Lipinski definition) is 3. The predicted octanol–water partition coefficient (Wildman–Crippen LogP) is 8.13. The lowest BCUT2D eigenvalue weighted by atomic mass is 9.97. The first-order chi connectivity index (χ1) is 33.0. The minimum absolute atomic E-state index is 0.0912. The van der Waals surface area contributed by atoms with Gasteiger partial charge in [-0.15, -0.1) is 0 Å². The highest BCUT2D eigenvalue weighted by Gasteiger charge is 2.52. The molecule has 3 N–H and O–H groups in total. The van der Waals surface area contributed by atoms with Crippen LogP contribution in [0.4, 0.5) is 0 Å². The zero-order chi connectivity index (χ0) is 48.9. The predicted molar refractivity (Wildman–Crippen MR) is 250 cm³/mol. The molecule has 1 aliphatic rings. The Morgan fingerprint density at radius 3 is 1.69 bits per heavy atom. The number of benzene rings is 3. The molecule has 0 aliphatic carbocycles. The Labute approximate surface area is 398 Å². The molecule has 16 heteroatoms. The lowest BCUT2D eigenvalue weighted by Crippen LogP contribution is -2.63. The number of allylic oxidation sites excluding steroid dienone is 1. The summed E-state index contributed by atoms with van der Waals surface area (Å²) in [5.41, 5.74) is 0.460. The van der Waals surface area contributed by atoms with Crippen LogP contribution in [0.1, 0.15) is 128 Å². The SMILES string of the molecule is CCCCCC/C=C/[C@@H](OC(=O)c1ccccc1)[C@H](CO[C@H]1O[C@H](COCC(=O)O)[C@H](OCC(=O)O)[C@H](OC(=O)c2ccccc2)[C@H]1OC(=O)c1ccccc1)NC(=O)CCCCCCCCC. The number of rotatable bonds is 32. The summed E-state index contributed by atoms with van der Waals surface area (Å²) in [5.74, 6) is -5.52. The largest absolute Gasteiger partial charge is 0.480 e. The molecule has 0 aromatic heterocycles. The highest BCUT2D eigenvalue weighted by atomic mass is 16.7. The van der Waals surface area contributed by atoms with E-state index in [2.05, 4.69) is 19.2 Å². The standard InChI is InChI=1S/C52H67NO15/c1-3-5-7-9-11-13-24-32-43(54)53-40(41(31-23-12-10-8-6-4-2)65-49(59)37-25-17-14-18-26-37)33-64-52-48(68-51(61)39-29-21-16-22-30-39)47(67-50(60)38-27-19-15-20-28-38)46(63-36-45(57)58)42(66-52)34-62-35-44(55)56/h14-23,25-31,40-42,46-48,52H,3-13,24,32-36H2,1-2H3,(H,53,54)(H,55,56)(H,57,58)/b31-23+/t40-,41+,42+,46-,47-,48+,52-/m0/s1. The van der Waals surface area contributed by atoms with Crippen molar-refractivity contribution in [2.24, 2.45) is 0 Å². The number of ether oxygens (including phenoxy) is 7. The summed E-state index contributed by atoms with van der Waals surface area (Å²) in [6.45, 7) is 1.57. The van der Waals surface area contributed by atoms with Gasteiger partial charge in [-0.2, -0.15) is 0 Å². The van der Waals surface area contributed by atoms with Crippen molar-refractivity contribution >= 4 is 35.8 Å². The van der Waals surface area contributed by atoms with Crippen molar-refractivity contribution in [3.8, 4) is 0 Å². The normalized spacial score (nSPS) is 18.8. The Balaban J connectivity index is 1.77. The third-order valence-electron chi connectivity index (χ3n) is 11.0. The molecule has 370 valence electrons. The quantitative estimate of drug-likeness (QED) is 0.0233. The highest BCUT2D eigenvalue weighted by Crippen LogP contribution is 2.31. The molecule has 1 heterocycles. The van der Waals surface area contributed by atoms with Crippen LogP contribution in [0.15, 0.2) is 103 Å². The lowest BCUT2D eigenvalue weighted by Gasteiger charge is -2.45. The van der Waals surface area contributed by atoms with Gasteiger partial charge >= 0.3 is 29.8 Å². The fraction of sp³-hybridized carbons (Fsp3) is 0.500. The van der Waals surface area contributed by atoms with Gasteiger partial charge in [0.1, 0.15) is 31.5 Å². The Morgan fingerprint density at radius 1 is 0.618 bits per heavy atom. The second-order valence-corrected chi connectivity index (χ2v) is 16.5. The fourth-order valence-corrected chi connectivity index (χ4v) is 7.45. The zero-order valence-corrected chi connectivity index (χ0v) is 39.1. The number of carbonyl (C=O) groups excluding carboxylic acids is 4. The summed E-state index contributed by atoms with van der Waals surface area (Å²) in [6.07, 6.45) is 6.21. The van der Waals surface area contributed by atoms with Crippen molar-refractivity contribution in [3.63, 3.8) is 0 Å². The maximum atomic E-state index is 13.9. The second kappa shape index (κ2) is 31.2. The number of carboxylic acids is 2. The molecule has 16 nitrogen and oxygen atoms in total. The third-order valence-corrected chi connectivity index (χ3v) is 11.0. The summed E-state index contributed by atoms with van der Waals surface area (Å²) >= 11 is 0. The van der Waals surface area contributed by atoms with Crippen molar-refractivity contribution in [2.45, 2.75) is 140 Å². The fourth-order valence-electron chi connectivity index (χ4n) is 7.45. The van der Waals surface area contributed by atoms with Crippen molar-refractivity contribution < 1.29 is 72.1 Å². The molecule has 3 aromatic carbocycles. The molecular formula is C52H67NO15. The van der Waals surface area contributed by atoms with Crippen LogP contribution >= 0.6 is 0 Å². The first-order valence-electron chi connectivity index (χ1n) is 23.6. The maximum absolute atomic E-state index is 13.9. The molecule has 3 aromatic rings. The minimum atomic E-state index is -1.69. The minimum Gasteiger partial charge on any atom is -0.480 e. The van der Waals surface area contributed by atoms with Gasteiger partial charge in [-0.1, -0.05) is 132 Å². The second-order valence-electron chi connectivity index (χ2n) is 16.5. The van der Waals surface area contributed by atoms with Crippen LogP contribution < -0.4 is 5.32 Å². The molecule has 0 spiro atoms. The van der Waals surface area contributed by atoms with Crippen LogP contribution in [0.2, 0.25) is 0 Å².